The normalized spacial score (nSPS) is 20.2. The van der Waals surface area contributed by atoms with E-state index >= 15 is 0 Å². The molecule has 1 saturated heterocycles. The number of carbonyl (C=O) groups is 1. The van der Waals surface area contributed by atoms with Gasteiger partial charge in [0, 0.05) is 13.2 Å². The number of carboxylic acids is 1. The Hall–Kier alpha value is -1.28. The number of nitrogens with zero attached hydrogens (tertiary/aromatic N) is 1. The lowest BCUT2D eigenvalue weighted by Crippen LogP contribution is -2.48. The molecule has 2 N–H and O–H groups in total. The maximum atomic E-state index is 10.6. The molecular formula is C8H12N2O3. The Bertz CT molecular complexity index is 228. The second-order valence-electron chi connectivity index (χ2n) is 3.20. The van der Waals surface area contributed by atoms with Gasteiger partial charge in [0.2, 0.25) is 0 Å². The van der Waals surface area contributed by atoms with E-state index in [1.807, 2.05) is 6.19 Å². The van der Waals surface area contributed by atoms with E-state index in [0.717, 1.165) is 0 Å². The maximum Gasteiger partial charge on any atom is 0.305 e. The first-order valence-corrected chi connectivity index (χ1v) is 4.14. The van der Waals surface area contributed by atoms with E-state index in [4.69, 9.17) is 15.1 Å². The average molecular weight is 184 g/mol. The van der Waals surface area contributed by atoms with Gasteiger partial charge in [0.25, 0.3) is 0 Å². The molecule has 0 aliphatic carbocycles. The van der Waals surface area contributed by atoms with Crippen LogP contribution in [0.25, 0.3) is 0 Å². The fraction of sp³-hybridized carbons (Fsp3) is 0.750. The van der Waals surface area contributed by atoms with Gasteiger partial charge in [0.05, 0.1) is 12.0 Å². The van der Waals surface area contributed by atoms with Crippen LogP contribution >= 0.6 is 0 Å². The number of rotatable bonds is 3. The van der Waals surface area contributed by atoms with Crippen molar-refractivity contribution in [3.05, 3.63) is 0 Å². The van der Waals surface area contributed by atoms with Gasteiger partial charge in [-0.25, -0.2) is 0 Å². The molecule has 5 nitrogen and oxygen atoms in total. The van der Waals surface area contributed by atoms with Crippen molar-refractivity contribution in [2.75, 3.05) is 13.2 Å². The van der Waals surface area contributed by atoms with E-state index in [1.54, 1.807) is 0 Å². The summed E-state index contributed by atoms with van der Waals surface area (Å²) in [6, 6.07) is 0. The quantitative estimate of drug-likeness (QED) is 0.479. The highest BCUT2D eigenvalue weighted by Gasteiger charge is 2.34. The highest BCUT2D eigenvalue weighted by Crippen LogP contribution is 2.23. The van der Waals surface area contributed by atoms with Crippen LogP contribution in [0, 0.1) is 11.5 Å². The predicted molar refractivity (Wildman–Crippen MR) is 43.8 cm³/mol. The number of nitrogens with one attached hydrogen (secondary N) is 1. The number of aliphatic carboxylic acids is 1. The second-order valence-corrected chi connectivity index (χ2v) is 3.20. The number of hydrogen-bond donors (Lipinski definition) is 2. The summed E-state index contributed by atoms with van der Waals surface area (Å²) >= 11 is 0. The summed E-state index contributed by atoms with van der Waals surface area (Å²) in [5.41, 5.74) is -0.584. The van der Waals surface area contributed by atoms with E-state index in [0.29, 0.717) is 26.1 Å². The Morgan fingerprint density at radius 3 is 2.69 bits per heavy atom. The Morgan fingerprint density at radius 2 is 2.23 bits per heavy atom. The fourth-order valence-corrected chi connectivity index (χ4v) is 1.52. The van der Waals surface area contributed by atoms with E-state index in [2.05, 4.69) is 5.32 Å². The molecule has 0 aromatic heterocycles. The van der Waals surface area contributed by atoms with Gasteiger partial charge >= 0.3 is 5.97 Å². The first-order valence-electron chi connectivity index (χ1n) is 4.14. The van der Waals surface area contributed by atoms with Crippen LogP contribution in [0.5, 0.6) is 0 Å². The minimum absolute atomic E-state index is 0.0239. The van der Waals surface area contributed by atoms with Crippen LogP contribution in [0.4, 0.5) is 0 Å². The molecule has 1 aliphatic rings. The Morgan fingerprint density at radius 1 is 1.62 bits per heavy atom. The van der Waals surface area contributed by atoms with Gasteiger partial charge < -0.3 is 15.2 Å². The molecular weight excluding hydrogens is 172 g/mol. The van der Waals surface area contributed by atoms with Gasteiger partial charge in [-0.2, -0.15) is 5.26 Å². The standard InChI is InChI=1S/C8H12N2O3/c9-6-10-8(5-7(11)12)1-3-13-4-2-8/h10H,1-5H2,(H,11,12). The molecule has 0 aromatic carbocycles. The van der Waals surface area contributed by atoms with Crippen LogP contribution in [0.2, 0.25) is 0 Å². The first-order chi connectivity index (χ1) is 6.18. The largest absolute Gasteiger partial charge is 0.481 e. The first kappa shape index (κ1) is 9.81. The van der Waals surface area contributed by atoms with Crippen molar-refractivity contribution in [1.29, 1.82) is 5.26 Å². The minimum Gasteiger partial charge on any atom is -0.481 e. The van der Waals surface area contributed by atoms with Gasteiger partial charge in [-0.3, -0.25) is 4.79 Å². The minimum atomic E-state index is -0.885. The molecule has 0 atom stereocenters. The smallest absolute Gasteiger partial charge is 0.305 e. The van der Waals surface area contributed by atoms with Crippen molar-refractivity contribution < 1.29 is 14.6 Å². The molecule has 13 heavy (non-hydrogen) atoms. The Labute approximate surface area is 76.3 Å². The summed E-state index contributed by atoms with van der Waals surface area (Å²) in [5, 5.41) is 19.7. The number of nitriles is 1. The topological polar surface area (TPSA) is 82.4 Å². The lowest BCUT2D eigenvalue weighted by atomic mass is 9.87. The van der Waals surface area contributed by atoms with Crippen molar-refractivity contribution in [3.8, 4) is 6.19 Å². The van der Waals surface area contributed by atoms with Crippen molar-refractivity contribution >= 4 is 5.97 Å². The molecule has 0 aromatic rings. The van der Waals surface area contributed by atoms with Gasteiger partial charge in [-0.1, -0.05) is 0 Å². The van der Waals surface area contributed by atoms with Gasteiger partial charge in [-0.15, -0.1) is 0 Å². The van der Waals surface area contributed by atoms with Crippen molar-refractivity contribution in [3.63, 3.8) is 0 Å². The molecule has 0 amide bonds. The van der Waals surface area contributed by atoms with E-state index in [-0.39, 0.29) is 6.42 Å². The van der Waals surface area contributed by atoms with Crippen molar-refractivity contribution in [1.82, 2.24) is 5.32 Å². The second kappa shape index (κ2) is 4.10. The molecule has 0 bridgehead atoms. The summed E-state index contributed by atoms with van der Waals surface area (Å²) in [4.78, 5) is 10.6. The lowest BCUT2D eigenvalue weighted by Gasteiger charge is -2.34. The van der Waals surface area contributed by atoms with Crippen LogP contribution in [-0.2, 0) is 9.53 Å². The van der Waals surface area contributed by atoms with Crippen LogP contribution in [0.3, 0.4) is 0 Å². The number of ether oxygens (including phenoxy) is 1. The van der Waals surface area contributed by atoms with Gasteiger partial charge in [-0.05, 0) is 12.8 Å². The third kappa shape index (κ3) is 2.60. The fourth-order valence-electron chi connectivity index (χ4n) is 1.52. The molecule has 1 heterocycles. The van der Waals surface area contributed by atoms with E-state index < -0.39 is 11.5 Å². The summed E-state index contributed by atoms with van der Waals surface area (Å²) in [7, 11) is 0. The summed E-state index contributed by atoms with van der Waals surface area (Å²) in [6.45, 7) is 1.03. The average Bonchev–Trinajstić information content (AvgIpc) is 2.04. The SMILES string of the molecule is N#CNC1(CC(=O)O)CCOCC1. The molecule has 1 aliphatic heterocycles. The molecule has 1 fully saturated rings. The maximum absolute atomic E-state index is 10.6. The molecule has 0 unspecified atom stereocenters. The molecule has 72 valence electrons. The van der Waals surface area contributed by atoms with Gasteiger partial charge in [0.15, 0.2) is 6.19 Å². The van der Waals surface area contributed by atoms with Crippen LogP contribution in [-0.4, -0.2) is 29.8 Å². The molecule has 0 radical (unpaired) electrons. The van der Waals surface area contributed by atoms with Crippen LogP contribution in [0.1, 0.15) is 19.3 Å². The summed E-state index contributed by atoms with van der Waals surface area (Å²) < 4.78 is 5.11. The number of carboxylic acid groups (broad SMARTS) is 1. The van der Waals surface area contributed by atoms with Crippen LogP contribution < -0.4 is 5.32 Å². The zero-order chi connectivity index (χ0) is 9.73. The Balaban J connectivity index is 2.62. The van der Waals surface area contributed by atoms with Gasteiger partial charge in [0.1, 0.15) is 0 Å². The monoisotopic (exact) mass is 184 g/mol. The zero-order valence-corrected chi connectivity index (χ0v) is 7.25. The van der Waals surface area contributed by atoms with Crippen molar-refractivity contribution in [2.24, 2.45) is 0 Å². The molecule has 5 heteroatoms. The predicted octanol–water partition coefficient (Wildman–Crippen LogP) is 0.0810. The zero-order valence-electron chi connectivity index (χ0n) is 7.25. The van der Waals surface area contributed by atoms with Crippen molar-refractivity contribution in [2.45, 2.75) is 24.8 Å². The molecule has 0 spiro atoms. The highest BCUT2D eigenvalue weighted by molar-refractivity contribution is 5.68. The van der Waals surface area contributed by atoms with E-state index in [9.17, 15) is 4.79 Å². The third-order valence-electron chi connectivity index (χ3n) is 2.26. The summed E-state index contributed by atoms with van der Waals surface area (Å²) in [6.07, 6.45) is 2.94. The third-order valence-corrected chi connectivity index (χ3v) is 2.26. The Kier molecular flexibility index (Phi) is 3.09. The van der Waals surface area contributed by atoms with Crippen LogP contribution in [0.15, 0.2) is 0 Å². The summed E-state index contributed by atoms with van der Waals surface area (Å²) in [5.74, 6) is -0.885. The number of hydrogen-bond acceptors (Lipinski definition) is 4. The van der Waals surface area contributed by atoms with E-state index in [1.165, 1.54) is 0 Å². The highest BCUT2D eigenvalue weighted by atomic mass is 16.5. The molecule has 0 saturated carbocycles. The molecule has 1 rings (SSSR count). The lowest BCUT2D eigenvalue weighted by molar-refractivity contribution is -0.139.